The van der Waals surface area contributed by atoms with Crippen molar-refractivity contribution in [2.24, 2.45) is 0 Å². The van der Waals surface area contributed by atoms with E-state index in [4.69, 9.17) is 0 Å². The van der Waals surface area contributed by atoms with Crippen molar-refractivity contribution in [2.75, 3.05) is 39.3 Å². The standard InChI is InChI=1S/C14H19BrFN3O2S/c15-12-2-1-3-13(14(12)16)22(20,21)19-7-4-11(10-19)18-8-5-17-6-9-18/h1-3,11,17H,4-10H2. The third-order valence-corrected chi connectivity index (χ3v) is 6.82. The van der Waals surface area contributed by atoms with Gasteiger partial charge in [-0.05, 0) is 34.5 Å². The molecule has 0 aliphatic carbocycles. The second-order valence-electron chi connectivity index (χ2n) is 5.64. The fourth-order valence-electron chi connectivity index (χ4n) is 3.10. The van der Waals surface area contributed by atoms with Crippen molar-refractivity contribution in [2.45, 2.75) is 17.4 Å². The highest BCUT2D eigenvalue weighted by molar-refractivity contribution is 9.10. The second kappa shape index (κ2) is 6.52. The first-order valence-corrected chi connectivity index (χ1v) is 9.62. The van der Waals surface area contributed by atoms with Gasteiger partial charge in [-0.15, -0.1) is 0 Å². The van der Waals surface area contributed by atoms with Crippen LogP contribution in [-0.4, -0.2) is 62.9 Å². The number of rotatable bonds is 3. The van der Waals surface area contributed by atoms with Crippen LogP contribution in [0.5, 0.6) is 0 Å². The van der Waals surface area contributed by atoms with Gasteiger partial charge in [-0.2, -0.15) is 4.31 Å². The summed E-state index contributed by atoms with van der Waals surface area (Å²) in [7, 11) is -3.78. The maximum Gasteiger partial charge on any atom is 0.246 e. The van der Waals surface area contributed by atoms with E-state index in [9.17, 15) is 12.8 Å². The molecule has 2 saturated heterocycles. The number of sulfonamides is 1. The molecule has 2 fully saturated rings. The molecule has 1 aromatic rings. The molecule has 22 heavy (non-hydrogen) atoms. The first kappa shape index (κ1) is 16.3. The highest BCUT2D eigenvalue weighted by atomic mass is 79.9. The summed E-state index contributed by atoms with van der Waals surface area (Å²) in [6.07, 6.45) is 0.800. The molecule has 2 aliphatic heterocycles. The zero-order valence-electron chi connectivity index (χ0n) is 12.1. The van der Waals surface area contributed by atoms with E-state index in [2.05, 4.69) is 26.1 Å². The number of benzene rings is 1. The van der Waals surface area contributed by atoms with E-state index < -0.39 is 15.8 Å². The molecule has 0 spiro atoms. The van der Waals surface area contributed by atoms with Gasteiger partial charge in [0.25, 0.3) is 0 Å². The molecule has 0 bridgehead atoms. The third kappa shape index (κ3) is 3.07. The molecule has 3 rings (SSSR count). The zero-order chi connectivity index (χ0) is 15.7. The quantitative estimate of drug-likeness (QED) is 0.842. The lowest BCUT2D eigenvalue weighted by atomic mass is 10.2. The Balaban J connectivity index is 1.78. The summed E-state index contributed by atoms with van der Waals surface area (Å²) in [5, 5.41) is 3.29. The van der Waals surface area contributed by atoms with E-state index in [0.717, 1.165) is 32.6 Å². The summed E-state index contributed by atoms with van der Waals surface area (Å²) in [4.78, 5) is 2.08. The van der Waals surface area contributed by atoms with Crippen molar-refractivity contribution in [3.63, 3.8) is 0 Å². The van der Waals surface area contributed by atoms with Crippen LogP contribution in [0.1, 0.15) is 6.42 Å². The summed E-state index contributed by atoms with van der Waals surface area (Å²) in [5.41, 5.74) is 0. The summed E-state index contributed by atoms with van der Waals surface area (Å²) in [6.45, 7) is 4.62. The Bertz CT molecular complexity index is 649. The van der Waals surface area contributed by atoms with Crippen LogP contribution >= 0.6 is 15.9 Å². The fourth-order valence-corrected chi connectivity index (χ4v) is 5.17. The van der Waals surface area contributed by atoms with Crippen LogP contribution in [0.15, 0.2) is 27.6 Å². The molecule has 0 saturated carbocycles. The Kier molecular flexibility index (Phi) is 4.84. The number of piperazine rings is 1. The fraction of sp³-hybridized carbons (Fsp3) is 0.571. The van der Waals surface area contributed by atoms with Crippen LogP contribution in [0.4, 0.5) is 4.39 Å². The van der Waals surface area contributed by atoms with Crippen LogP contribution in [0.3, 0.4) is 0 Å². The summed E-state index contributed by atoms with van der Waals surface area (Å²) in [6, 6.07) is 4.60. The minimum atomic E-state index is -3.78. The van der Waals surface area contributed by atoms with Crippen molar-refractivity contribution < 1.29 is 12.8 Å². The van der Waals surface area contributed by atoms with Crippen molar-refractivity contribution >= 4 is 26.0 Å². The van der Waals surface area contributed by atoms with Gasteiger partial charge >= 0.3 is 0 Å². The number of halogens is 2. The van der Waals surface area contributed by atoms with Gasteiger partial charge in [0, 0.05) is 45.3 Å². The highest BCUT2D eigenvalue weighted by Gasteiger charge is 2.36. The lowest BCUT2D eigenvalue weighted by Gasteiger charge is -2.32. The number of hydrogen-bond acceptors (Lipinski definition) is 4. The normalized spacial score (nSPS) is 24.7. The van der Waals surface area contributed by atoms with Crippen molar-refractivity contribution in [1.82, 2.24) is 14.5 Å². The molecular formula is C14H19BrFN3O2S. The maximum atomic E-state index is 14.1. The van der Waals surface area contributed by atoms with Crippen LogP contribution in [0.25, 0.3) is 0 Å². The average Bonchev–Trinajstić information content (AvgIpc) is 3.01. The van der Waals surface area contributed by atoms with Gasteiger partial charge in [-0.25, -0.2) is 12.8 Å². The minimum absolute atomic E-state index is 0.173. The van der Waals surface area contributed by atoms with Crippen LogP contribution < -0.4 is 5.32 Å². The third-order valence-electron chi connectivity index (χ3n) is 4.33. The molecule has 0 radical (unpaired) electrons. The predicted molar refractivity (Wildman–Crippen MR) is 85.7 cm³/mol. The molecule has 0 amide bonds. The van der Waals surface area contributed by atoms with E-state index in [-0.39, 0.29) is 15.4 Å². The monoisotopic (exact) mass is 391 g/mol. The molecule has 2 heterocycles. The summed E-state index contributed by atoms with van der Waals surface area (Å²) >= 11 is 3.05. The Morgan fingerprint density at radius 1 is 1.23 bits per heavy atom. The summed E-state index contributed by atoms with van der Waals surface area (Å²) < 4.78 is 41.1. The number of nitrogens with one attached hydrogen (secondary N) is 1. The van der Waals surface area contributed by atoms with Gasteiger partial charge in [0.1, 0.15) is 4.90 Å². The molecule has 0 aromatic heterocycles. The number of nitrogens with zero attached hydrogens (tertiary/aromatic N) is 2. The average molecular weight is 392 g/mol. The second-order valence-corrected chi connectivity index (χ2v) is 8.40. The molecule has 1 unspecified atom stereocenters. The van der Waals surface area contributed by atoms with Gasteiger partial charge in [-0.3, -0.25) is 4.90 Å². The molecule has 2 aliphatic rings. The molecule has 122 valence electrons. The topological polar surface area (TPSA) is 52.7 Å². The summed E-state index contributed by atoms with van der Waals surface area (Å²) in [5.74, 6) is -0.715. The Morgan fingerprint density at radius 3 is 2.68 bits per heavy atom. The van der Waals surface area contributed by atoms with Gasteiger partial charge in [-0.1, -0.05) is 6.07 Å². The largest absolute Gasteiger partial charge is 0.314 e. The maximum absolute atomic E-state index is 14.1. The van der Waals surface area contributed by atoms with E-state index >= 15 is 0 Å². The molecule has 1 atom stereocenters. The predicted octanol–water partition coefficient (Wildman–Crippen LogP) is 1.26. The van der Waals surface area contributed by atoms with E-state index in [1.165, 1.54) is 16.4 Å². The van der Waals surface area contributed by atoms with Crippen molar-refractivity contribution in [3.05, 3.63) is 28.5 Å². The first-order valence-electron chi connectivity index (χ1n) is 7.39. The van der Waals surface area contributed by atoms with Gasteiger partial charge in [0.05, 0.1) is 4.47 Å². The van der Waals surface area contributed by atoms with Crippen LogP contribution in [0.2, 0.25) is 0 Å². The lowest BCUT2D eigenvalue weighted by molar-refractivity contribution is 0.179. The SMILES string of the molecule is O=S(=O)(c1cccc(Br)c1F)N1CCC(N2CCNCC2)C1. The van der Waals surface area contributed by atoms with Gasteiger partial charge in [0.15, 0.2) is 5.82 Å². The van der Waals surface area contributed by atoms with Crippen LogP contribution in [-0.2, 0) is 10.0 Å². The highest BCUT2D eigenvalue weighted by Crippen LogP contribution is 2.28. The minimum Gasteiger partial charge on any atom is -0.314 e. The van der Waals surface area contributed by atoms with Gasteiger partial charge < -0.3 is 5.32 Å². The number of hydrogen-bond donors (Lipinski definition) is 1. The molecular weight excluding hydrogens is 373 g/mol. The van der Waals surface area contributed by atoms with Crippen molar-refractivity contribution in [3.8, 4) is 0 Å². The van der Waals surface area contributed by atoms with Gasteiger partial charge in [0.2, 0.25) is 10.0 Å². The Morgan fingerprint density at radius 2 is 1.95 bits per heavy atom. The Labute approximate surface area is 138 Å². The van der Waals surface area contributed by atoms with E-state index in [0.29, 0.717) is 13.1 Å². The molecule has 8 heteroatoms. The molecule has 5 nitrogen and oxygen atoms in total. The van der Waals surface area contributed by atoms with Crippen LogP contribution in [0, 0.1) is 5.82 Å². The Hall–Kier alpha value is -0.540. The molecule has 1 N–H and O–H groups in total. The smallest absolute Gasteiger partial charge is 0.246 e. The van der Waals surface area contributed by atoms with E-state index in [1.807, 2.05) is 0 Å². The van der Waals surface area contributed by atoms with E-state index in [1.54, 1.807) is 6.07 Å². The first-order chi connectivity index (χ1) is 10.5. The lowest BCUT2D eigenvalue weighted by Crippen LogP contribution is -2.49. The van der Waals surface area contributed by atoms with Crippen molar-refractivity contribution in [1.29, 1.82) is 0 Å². The zero-order valence-corrected chi connectivity index (χ0v) is 14.5. The molecule has 1 aromatic carbocycles.